The van der Waals surface area contributed by atoms with Gasteiger partial charge >= 0.3 is 0 Å². The Hall–Kier alpha value is -2.36. The maximum Gasteiger partial charge on any atom is 0.122 e. The monoisotopic (exact) mass is 384 g/mol. The highest BCUT2D eigenvalue weighted by atomic mass is 16.5. The third-order valence-electron chi connectivity index (χ3n) is 4.76. The van der Waals surface area contributed by atoms with Gasteiger partial charge in [-0.1, -0.05) is 12.1 Å². The van der Waals surface area contributed by atoms with Crippen LogP contribution in [0.4, 0.5) is 0 Å². The summed E-state index contributed by atoms with van der Waals surface area (Å²) in [5.74, 6) is 3.56. The van der Waals surface area contributed by atoms with Crippen molar-refractivity contribution in [3.8, 4) is 23.0 Å². The average molecular weight is 385 g/mol. The van der Waals surface area contributed by atoms with Gasteiger partial charge in [0.1, 0.15) is 23.0 Å². The molecule has 1 aliphatic rings. The molecule has 0 aliphatic carbocycles. The highest BCUT2D eigenvalue weighted by Crippen LogP contribution is 2.22. The number of hydrogen-bond donors (Lipinski definition) is 0. The Bertz CT molecular complexity index is 576. The molecule has 0 radical (unpaired) electrons. The molecule has 0 amide bonds. The van der Waals surface area contributed by atoms with Gasteiger partial charge in [0.25, 0.3) is 0 Å². The van der Waals surface area contributed by atoms with Gasteiger partial charge in [0.2, 0.25) is 0 Å². The van der Waals surface area contributed by atoms with Crippen LogP contribution in [0.5, 0.6) is 23.0 Å². The SMILES string of the molecule is c1cc2cc(c1)OCCCCCCOc1cccc(c1)OCCCCCCO2. The molecule has 152 valence electrons. The molecule has 0 saturated heterocycles. The predicted molar refractivity (Wildman–Crippen MR) is 112 cm³/mol. The van der Waals surface area contributed by atoms with Crippen LogP contribution in [-0.4, -0.2) is 26.4 Å². The minimum Gasteiger partial charge on any atom is -0.493 e. The molecule has 3 rings (SSSR count). The summed E-state index contributed by atoms with van der Waals surface area (Å²) in [6.45, 7) is 2.96. The molecule has 0 saturated carbocycles. The first-order chi connectivity index (χ1) is 13.9. The van der Waals surface area contributed by atoms with E-state index in [0.717, 1.165) is 101 Å². The molecule has 2 aromatic carbocycles. The zero-order chi connectivity index (χ0) is 19.3. The maximum atomic E-state index is 5.86. The molecule has 0 N–H and O–H groups in total. The molecule has 0 atom stereocenters. The van der Waals surface area contributed by atoms with E-state index in [-0.39, 0.29) is 0 Å². The zero-order valence-electron chi connectivity index (χ0n) is 16.7. The van der Waals surface area contributed by atoms with Gasteiger partial charge in [-0.05, 0) is 75.6 Å². The van der Waals surface area contributed by atoms with Crippen LogP contribution in [-0.2, 0) is 0 Å². The van der Waals surface area contributed by atoms with Crippen LogP contribution < -0.4 is 18.9 Å². The van der Waals surface area contributed by atoms with Crippen LogP contribution in [0.3, 0.4) is 0 Å². The summed E-state index contributed by atoms with van der Waals surface area (Å²) in [6.07, 6.45) is 8.77. The first-order valence-corrected chi connectivity index (χ1v) is 10.6. The molecule has 4 bridgehead atoms. The van der Waals surface area contributed by atoms with Gasteiger partial charge in [-0.15, -0.1) is 0 Å². The lowest BCUT2D eigenvalue weighted by Crippen LogP contribution is -2.02. The maximum absolute atomic E-state index is 5.86. The van der Waals surface area contributed by atoms with Gasteiger partial charge < -0.3 is 18.9 Å². The van der Waals surface area contributed by atoms with Crippen LogP contribution >= 0.6 is 0 Å². The van der Waals surface area contributed by atoms with Crippen LogP contribution in [0, 0.1) is 0 Å². The van der Waals surface area contributed by atoms with Gasteiger partial charge in [0.05, 0.1) is 26.4 Å². The molecule has 2 aromatic rings. The molecular formula is C24H32O4. The van der Waals surface area contributed by atoms with E-state index in [2.05, 4.69) is 0 Å². The molecule has 4 heteroatoms. The second-order valence-electron chi connectivity index (χ2n) is 7.17. The summed E-state index contributed by atoms with van der Waals surface area (Å²) in [5.41, 5.74) is 0. The van der Waals surface area contributed by atoms with Gasteiger partial charge in [0.15, 0.2) is 0 Å². The van der Waals surface area contributed by atoms with E-state index in [4.69, 9.17) is 18.9 Å². The van der Waals surface area contributed by atoms with Crippen molar-refractivity contribution in [3.05, 3.63) is 48.5 Å². The van der Waals surface area contributed by atoms with Crippen LogP contribution in [0.2, 0.25) is 0 Å². The minimum absolute atomic E-state index is 0.740. The Morgan fingerprint density at radius 2 is 0.679 bits per heavy atom. The van der Waals surface area contributed by atoms with Crippen molar-refractivity contribution in [1.29, 1.82) is 0 Å². The number of benzene rings is 2. The fourth-order valence-corrected chi connectivity index (χ4v) is 3.18. The van der Waals surface area contributed by atoms with Crippen LogP contribution in [0.25, 0.3) is 0 Å². The lowest BCUT2D eigenvalue weighted by molar-refractivity contribution is 0.274. The number of ether oxygens (including phenoxy) is 4. The molecule has 0 fully saturated rings. The zero-order valence-corrected chi connectivity index (χ0v) is 16.7. The van der Waals surface area contributed by atoms with Gasteiger partial charge in [0, 0.05) is 12.1 Å². The van der Waals surface area contributed by atoms with Crippen molar-refractivity contribution < 1.29 is 18.9 Å². The van der Waals surface area contributed by atoms with E-state index in [1.54, 1.807) is 0 Å². The summed E-state index contributed by atoms with van der Waals surface area (Å²) in [5, 5.41) is 0. The van der Waals surface area contributed by atoms with Gasteiger partial charge in [-0.25, -0.2) is 0 Å². The molecule has 1 heterocycles. The van der Waals surface area contributed by atoms with E-state index in [1.165, 1.54) is 0 Å². The molecule has 0 aromatic heterocycles. The molecular weight excluding hydrogens is 352 g/mol. The van der Waals surface area contributed by atoms with Crippen molar-refractivity contribution in [2.75, 3.05) is 26.4 Å². The number of hydrogen-bond acceptors (Lipinski definition) is 4. The lowest BCUT2D eigenvalue weighted by Gasteiger charge is -2.11. The topological polar surface area (TPSA) is 36.9 Å². The van der Waals surface area contributed by atoms with Crippen molar-refractivity contribution in [2.24, 2.45) is 0 Å². The Morgan fingerprint density at radius 1 is 0.393 bits per heavy atom. The third kappa shape index (κ3) is 7.71. The van der Waals surface area contributed by atoms with Gasteiger partial charge in [-0.2, -0.15) is 0 Å². The van der Waals surface area contributed by atoms with E-state index in [1.807, 2.05) is 48.5 Å². The smallest absolute Gasteiger partial charge is 0.122 e. The standard InChI is InChI=1S/C24H32O4/c1-2-6-16-26-22-12-10-14-24(20-22)28-18-8-4-3-7-17-27-23-13-9-11-21(19-23)25-15-5-1/h9-14,19-20H,1-8,15-18H2. The Labute approximate surface area is 168 Å². The molecule has 28 heavy (non-hydrogen) atoms. The van der Waals surface area contributed by atoms with E-state index >= 15 is 0 Å². The fraction of sp³-hybridized carbons (Fsp3) is 0.500. The van der Waals surface area contributed by atoms with Crippen LogP contribution in [0.15, 0.2) is 48.5 Å². The van der Waals surface area contributed by atoms with Crippen molar-refractivity contribution in [3.63, 3.8) is 0 Å². The predicted octanol–water partition coefficient (Wildman–Crippen LogP) is 6.04. The van der Waals surface area contributed by atoms with Crippen molar-refractivity contribution in [1.82, 2.24) is 0 Å². The minimum atomic E-state index is 0.740. The average Bonchev–Trinajstić information content (AvgIpc) is 2.72. The van der Waals surface area contributed by atoms with E-state index in [9.17, 15) is 0 Å². The normalized spacial score (nSPS) is 17.4. The summed E-state index contributed by atoms with van der Waals surface area (Å²) in [7, 11) is 0. The van der Waals surface area contributed by atoms with Crippen molar-refractivity contribution in [2.45, 2.75) is 51.4 Å². The van der Waals surface area contributed by atoms with Crippen molar-refractivity contribution >= 4 is 0 Å². The largest absolute Gasteiger partial charge is 0.493 e. The second-order valence-corrected chi connectivity index (χ2v) is 7.17. The first kappa shape index (κ1) is 20.4. The molecule has 0 spiro atoms. The summed E-state index contributed by atoms with van der Waals surface area (Å²) < 4.78 is 23.5. The van der Waals surface area contributed by atoms with Crippen LogP contribution in [0.1, 0.15) is 51.4 Å². The number of fused-ring (bicyclic) bond motifs is 4. The van der Waals surface area contributed by atoms with Gasteiger partial charge in [-0.3, -0.25) is 0 Å². The Kier molecular flexibility index (Phi) is 8.86. The number of rotatable bonds is 0. The molecule has 4 nitrogen and oxygen atoms in total. The Morgan fingerprint density at radius 3 is 0.964 bits per heavy atom. The summed E-state index contributed by atoms with van der Waals surface area (Å²) >= 11 is 0. The second kappa shape index (κ2) is 12.2. The van der Waals surface area contributed by atoms with E-state index < -0.39 is 0 Å². The highest BCUT2D eigenvalue weighted by molar-refractivity contribution is 5.33. The quantitative estimate of drug-likeness (QED) is 0.555. The summed E-state index contributed by atoms with van der Waals surface area (Å²) in [4.78, 5) is 0. The highest BCUT2D eigenvalue weighted by Gasteiger charge is 2.01. The molecule has 1 aliphatic heterocycles. The van der Waals surface area contributed by atoms with E-state index in [0.29, 0.717) is 0 Å². The Balaban J connectivity index is 1.48. The third-order valence-corrected chi connectivity index (χ3v) is 4.76. The lowest BCUT2D eigenvalue weighted by atomic mass is 10.2. The summed E-state index contributed by atoms with van der Waals surface area (Å²) in [6, 6.07) is 15.9. The fourth-order valence-electron chi connectivity index (χ4n) is 3.18. The molecule has 0 unspecified atom stereocenters. The first-order valence-electron chi connectivity index (χ1n) is 10.6.